The normalized spacial score (nSPS) is 9.57. The number of isocyanates is 1. The summed E-state index contributed by atoms with van der Waals surface area (Å²) in [6.07, 6.45) is 2.24. The first-order chi connectivity index (χ1) is 6.69. The van der Waals surface area contributed by atoms with Crippen molar-refractivity contribution in [1.82, 2.24) is 0 Å². The molecule has 0 amide bonds. The number of aromatic hydroxyl groups is 1. The third kappa shape index (κ3) is 2.34. The lowest BCUT2D eigenvalue weighted by atomic mass is 10.1. The van der Waals surface area contributed by atoms with Gasteiger partial charge in [0.25, 0.3) is 0 Å². The molecule has 1 aromatic rings. The van der Waals surface area contributed by atoms with Gasteiger partial charge in [-0.3, -0.25) is 0 Å². The van der Waals surface area contributed by atoms with Crippen molar-refractivity contribution >= 4 is 17.7 Å². The Bertz CT molecular complexity index is 384. The topological polar surface area (TPSA) is 49.7 Å². The minimum atomic E-state index is -0.0112. The zero-order valence-electron chi connectivity index (χ0n) is 7.75. The summed E-state index contributed by atoms with van der Waals surface area (Å²) in [5.74, 6) is -0.0112. The van der Waals surface area contributed by atoms with Crippen LogP contribution in [0.5, 0.6) is 5.75 Å². The van der Waals surface area contributed by atoms with Gasteiger partial charge in [-0.25, -0.2) is 9.79 Å². The lowest BCUT2D eigenvalue weighted by Crippen LogP contribution is -1.88. The first kappa shape index (κ1) is 10.8. The molecule has 1 rings (SSSR count). The average molecular weight is 212 g/mol. The van der Waals surface area contributed by atoms with Gasteiger partial charge in [-0.2, -0.15) is 0 Å². The lowest BCUT2D eigenvalue weighted by molar-refractivity contribution is 0.468. The molecule has 14 heavy (non-hydrogen) atoms. The number of halogens is 1. The van der Waals surface area contributed by atoms with Crippen LogP contribution in [0.3, 0.4) is 0 Å². The van der Waals surface area contributed by atoms with Crippen LogP contribution in [0.15, 0.2) is 17.1 Å². The van der Waals surface area contributed by atoms with Crippen molar-refractivity contribution in [1.29, 1.82) is 0 Å². The molecule has 1 N–H and O–H groups in total. The molecule has 0 aliphatic heterocycles. The average Bonchev–Trinajstić information content (AvgIpc) is 2.20. The summed E-state index contributed by atoms with van der Waals surface area (Å²) < 4.78 is 0. The third-order valence-corrected chi connectivity index (χ3v) is 2.21. The van der Waals surface area contributed by atoms with E-state index in [0.717, 1.165) is 12.0 Å². The van der Waals surface area contributed by atoms with Gasteiger partial charge in [0.1, 0.15) is 5.75 Å². The van der Waals surface area contributed by atoms with Crippen LogP contribution < -0.4 is 0 Å². The highest BCUT2D eigenvalue weighted by Crippen LogP contribution is 2.29. The third-order valence-electron chi connectivity index (χ3n) is 1.92. The molecule has 0 saturated carbocycles. The van der Waals surface area contributed by atoms with Crippen molar-refractivity contribution in [2.45, 2.75) is 19.9 Å². The van der Waals surface area contributed by atoms with Crippen LogP contribution in [0, 0.1) is 0 Å². The maximum atomic E-state index is 9.92. The van der Waals surface area contributed by atoms with Gasteiger partial charge in [0.05, 0.1) is 11.6 Å². The second kappa shape index (κ2) is 4.80. The van der Waals surface area contributed by atoms with Crippen LogP contribution in [0.1, 0.15) is 18.1 Å². The Balaban J connectivity index is 3.12. The highest BCUT2D eigenvalue weighted by Gasteiger charge is 2.06. The zero-order valence-corrected chi connectivity index (χ0v) is 8.51. The van der Waals surface area contributed by atoms with Gasteiger partial charge in [-0.1, -0.05) is 24.6 Å². The van der Waals surface area contributed by atoms with Crippen molar-refractivity contribution in [3.8, 4) is 5.75 Å². The van der Waals surface area contributed by atoms with Crippen molar-refractivity contribution in [2.24, 2.45) is 4.99 Å². The predicted molar refractivity (Wildman–Crippen MR) is 54.3 cm³/mol. The molecule has 0 aromatic heterocycles. The summed E-state index contributed by atoms with van der Waals surface area (Å²) in [4.78, 5) is 13.3. The van der Waals surface area contributed by atoms with E-state index in [1.54, 1.807) is 12.1 Å². The molecule has 3 nitrogen and oxygen atoms in total. The van der Waals surface area contributed by atoms with Crippen LogP contribution in [-0.4, -0.2) is 11.2 Å². The smallest absolute Gasteiger partial charge is 0.235 e. The van der Waals surface area contributed by atoms with E-state index in [1.807, 2.05) is 6.92 Å². The molecule has 0 bridgehead atoms. The van der Waals surface area contributed by atoms with Gasteiger partial charge < -0.3 is 5.11 Å². The Labute approximate surface area is 87.0 Å². The van der Waals surface area contributed by atoms with Crippen LogP contribution in [0.2, 0.25) is 5.02 Å². The molecular formula is C10H10ClNO2. The van der Waals surface area contributed by atoms with Crippen LogP contribution in [-0.2, 0) is 17.8 Å². The fourth-order valence-electron chi connectivity index (χ4n) is 1.16. The number of hydrogen-bond donors (Lipinski definition) is 1. The standard InChI is InChI=1S/C10H10ClNO2/c1-2-7-3-8(5-12-6-13)10(14)9(11)4-7/h3-4,14H,2,5H2,1H3. The van der Waals surface area contributed by atoms with Crippen molar-refractivity contribution in [3.63, 3.8) is 0 Å². The van der Waals surface area contributed by atoms with E-state index in [9.17, 15) is 9.90 Å². The second-order valence-corrected chi connectivity index (χ2v) is 3.25. The zero-order chi connectivity index (χ0) is 10.6. The maximum Gasteiger partial charge on any atom is 0.235 e. The lowest BCUT2D eigenvalue weighted by Gasteiger charge is -2.05. The predicted octanol–water partition coefficient (Wildman–Crippen LogP) is 2.44. The molecule has 0 radical (unpaired) electrons. The number of carbonyl (C=O) groups excluding carboxylic acids is 1. The van der Waals surface area contributed by atoms with Gasteiger partial charge in [0.2, 0.25) is 6.08 Å². The van der Waals surface area contributed by atoms with E-state index >= 15 is 0 Å². The van der Waals surface area contributed by atoms with E-state index < -0.39 is 0 Å². The number of rotatable bonds is 3. The molecule has 0 saturated heterocycles. The molecule has 74 valence electrons. The SMILES string of the molecule is CCc1cc(Cl)c(O)c(CN=C=O)c1. The van der Waals surface area contributed by atoms with Crippen LogP contribution in [0.4, 0.5) is 0 Å². The first-order valence-corrected chi connectivity index (χ1v) is 4.60. The second-order valence-electron chi connectivity index (χ2n) is 2.85. The number of hydrogen-bond acceptors (Lipinski definition) is 3. The quantitative estimate of drug-likeness (QED) is 0.617. The highest BCUT2D eigenvalue weighted by atomic mass is 35.5. The maximum absolute atomic E-state index is 9.92. The fraction of sp³-hybridized carbons (Fsp3) is 0.300. The van der Waals surface area contributed by atoms with Crippen LogP contribution >= 0.6 is 11.6 Å². The summed E-state index contributed by atoms with van der Waals surface area (Å²) >= 11 is 5.79. The van der Waals surface area contributed by atoms with Crippen molar-refractivity contribution < 1.29 is 9.90 Å². The highest BCUT2D eigenvalue weighted by molar-refractivity contribution is 6.32. The number of aliphatic imine (C=N–C) groups is 1. The van der Waals surface area contributed by atoms with Gasteiger partial charge in [-0.05, 0) is 18.1 Å². The van der Waals surface area contributed by atoms with Gasteiger partial charge in [0.15, 0.2) is 0 Å². The molecule has 0 spiro atoms. The van der Waals surface area contributed by atoms with Crippen molar-refractivity contribution in [2.75, 3.05) is 0 Å². The number of phenolic OH excluding ortho intramolecular Hbond substituents is 1. The van der Waals surface area contributed by atoms with E-state index in [0.29, 0.717) is 10.6 Å². The Morgan fingerprint density at radius 3 is 2.86 bits per heavy atom. The van der Waals surface area contributed by atoms with E-state index in [1.165, 1.54) is 6.08 Å². The summed E-state index contributed by atoms with van der Waals surface area (Å²) in [5.41, 5.74) is 1.56. The Kier molecular flexibility index (Phi) is 3.69. The van der Waals surface area contributed by atoms with E-state index in [4.69, 9.17) is 11.6 Å². The number of phenols is 1. The number of nitrogens with zero attached hydrogens (tertiary/aromatic N) is 1. The molecule has 0 unspecified atom stereocenters. The molecule has 4 heteroatoms. The minimum Gasteiger partial charge on any atom is -0.506 e. The number of aryl methyl sites for hydroxylation is 1. The largest absolute Gasteiger partial charge is 0.506 e. The van der Waals surface area contributed by atoms with Gasteiger partial charge in [-0.15, -0.1) is 0 Å². The fourth-order valence-corrected chi connectivity index (χ4v) is 1.42. The van der Waals surface area contributed by atoms with Gasteiger partial charge >= 0.3 is 0 Å². The molecule has 0 heterocycles. The molecule has 0 aliphatic rings. The van der Waals surface area contributed by atoms with Gasteiger partial charge in [0, 0.05) is 5.56 Å². The molecule has 0 aliphatic carbocycles. The molecule has 0 atom stereocenters. The summed E-state index contributed by atoms with van der Waals surface area (Å²) in [6, 6.07) is 3.48. The molecular weight excluding hydrogens is 202 g/mol. The summed E-state index contributed by atoms with van der Waals surface area (Å²) in [6.45, 7) is 2.10. The Hall–Kier alpha value is -1.31. The minimum absolute atomic E-state index is 0.0112. The van der Waals surface area contributed by atoms with E-state index in [2.05, 4.69) is 4.99 Å². The van der Waals surface area contributed by atoms with Crippen LogP contribution in [0.25, 0.3) is 0 Å². The Morgan fingerprint density at radius 2 is 2.29 bits per heavy atom. The monoisotopic (exact) mass is 211 g/mol. The molecule has 0 fully saturated rings. The summed E-state index contributed by atoms with van der Waals surface area (Å²) in [5, 5.41) is 9.81. The Morgan fingerprint density at radius 1 is 1.57 bits per heavy atom. The van der Waals surface area contributed by atoms with Crippen molar-refractivity contribution in [3.05, 3.63) is 28.3 Å². The molecule has 1 aromatic carbocycles. The van der Waals surface area contributed by atoms with E-state index in [-0.39, 0.29) is 12.3 Å². The number of benzene rings is 1. The summed E-state index contributed by atoms with van der Waals surface area (Å²) in [7, 11) is 0. The first-order valence-electron chi connectivity index (χ1n) is 4.23.